The molecule has 3 aromatic rings. The third-order valence-electron chi connectivity index (χ3n) is 4.98. The van der Waals surface area contributed by atoms with Crippen molar-refractivity contribution < 1.29 is 9.47 Å². The lowest BCUT2D eigenvalue weighted by Gasteiger charge is -2.36. The van der Waals surface area contributed by atoms with Crippen molar-refractivity contribution in [1.82, 2.24) is 4.98 Å². The van der Waals surface area contributed by atoms with Gasteiger partial charge in [0.1, 0.15) is 6.04 Å². The number of benzene rings is 2. The fraction of sp³-hybridized carbons (Fsp3) is 0.375. The number of aromatic nitrogens is 1. The number of anilines is 1. The molecule has 1 heterocycles. The molecular weight excluding hydrogens is 451 g/mol. The molecule has 0 spiro atoms. The lowest BCUT2D eigenvalue weighted by molar-refractivity contribution is -0.135. The van der Waals surface area contributed by atoms with Crippen molar-refractivity contribution in [1.29, 1.82) is 0 Å². The zero-order chi connectivity index (χ0) is 22.4. The van der Waals surface area contributed by atoms with Crippen LogP contribution >= 0.6 is 34.5 Å². The van der Waals surface area contributed by atoms with Gasteiger partial charge in [-0.05, 0) is 44.0 Å². The summed E-state index contributed by atoms with van der Waals surface area (Å²) in [7, 11) is 1.69. The Morgan fingerprint density at radius 3 is 2.45 bits per heavy atom. The second kappa shape index (κ2) is 11.3. The molecule has 2 unspecified atom stereocenters. The molecule has 0 N–H and O–H groups in total. The molecule has 1 aromatic heterocycles. The third-order valence-corrected chi connectivity index (χ3v) is 6.54. The molecule has 0 saturated heterocycles. The Kier molecular flexibility index (Phi) is 8.76. The quantitative estimate of drug-likeness (QED) is 0.284. The standard InChI is InChI=1S/C24H28Cl2N2O2S/c1-5-14-28(22(23(29-4)30-6-2)17-10-8-7-9-11-17)24-27-21(16(3)31-24)19-13-12-18(25)15-20(19)26/h7-13,15,22-23H,5-6,14H2,1-4H3. The van der Waals surface area contributed by atoms with Crippen LogP contribution in [-0.2, 0) is 9.47 Å². The van der Waals surface area contributed by atoms with Gasteiger partial charge in [0.15, 0.2) is 11.4 Å². The number of halogens is 2. The van der Waals surface area contributed by atoms with Crippen molar-refractivity contribution in [3.63, 3.8) is 0 Å². The molecule has 3 rings (SSSR count). The minimum absolute atomic E-state index is 0.134. The van der Waals surface area contributed by atoms with Crippen molar-refractivity contribution in [2.75, 3.05) is 25.2 Å². The number of rotatable bonds is 10. The number of methoxy groups -OCH3 is 1. The normalized spacial score (nSPS) is 13.2. The molecule has 2 atom stereocenters. The van der Waals surface area contributed by atoms with E-state index < -0.39 is 6.29 Å². The summed E-state index contributed by atoms with van der Waals surface area (Å²) in [6, 6.07) is 15.7. The zero-order valence-corrected chi connectivity index (χ0v) is 20.6. The van der Waals surface area contributed by atoms with Gasteiger partial charge in [-0.2, -0.15) is 0 Å². The molecule has 7 heteroatoms. The van der Waals surface area contributed by atoms with E-state index in [0.717, 1.165) is 39.8 Å². The van der Waals surface area contributed by atoms with Gasteiger partial charge in [0.05, 0.1) is 10.7 Å². The van der Waals surface area contributed by atoms with E-state index in [9.17, 15) is 0 Å². The SMILES string of the molecule is CCCN(c1nc(-c2ccc(Cl)cc2Cl)c(C)s1)C(c1ccccc1)C(OC)OCC. The molecule has 0 aliphatic heterocycles. The van der Waals surface area contributed by atoms with Crippen molar-refractivity contribution >= 4 is 39.7 Å². The zero-order valence-electron chi connectivity index (χ0n) is 18.3. The second-order valence-corrected chi connectivity index (χ2v) is 9.16. The van der Waals surface area contributed by atoms with Crippen LogP contribution in [0.2, 0.25) is 10.0 Å². The Morgan fingerprint density at radius 2 is 1.84 bits per heavy atom. The Balaban J connectivity index is 2.08. The number of hydrogen-bond acceptors (Lipinski definition) is 5. The molecule has 2 aromatic carbocycles. The van der Waals surface area contributed by atoms with Gasteiger partial charge in [-0.1, -0.05) is 60.5 Å². The molecule has 166 valence electrons. The average molecular weight is 479 g/mol. The Hall–Kier alpha value is -1.63. The molecule has 0 saturated carbocycles. The summed E-state index contributed by atoms with van der Waals surface area (Å²) in [6.45, 7) is 7.58. The molecule has 4 nitrogen and oxygen atoms in total. The number of thiazole rings is 1. The van der Waals surface area contributed by atoms with Gasteiger partial charge in [-0.15, -0.1) is 11.3 Å². The second-order valence-electron chi connectivity index (χ2n) is 7.13. The predicted molar refractivity (Wildman–Crippen MR) is 132 cm³/mol. The Labute approximate surface area is 198 Å². The summed E-state index contributed by atoms with van der Waals surface area (Å²) in [5, 5.41) is 2.12. The Morgan fingerprint density at radius 1 is 1.10 bits per heavy atom. The summed E-state index contributed by atoms with van der Waals surface area (Å²) < 4.78 is 11.8. The number of hydrogen-bond donors (Lipinski definition) is 0. The van der Waals surface area contributed by atoms with Crippen molar-refractivity contribution in [3.8, 4) is 11.3 Å². The first kappa shape index (κ1) is 24.0. The summed E-state index contributed by atoms with van der Waals surface area (Å²) in [6.07, 6.45) is 0.535. The fourth-order valence-corrected chi connectivity index (χ4v) is 5.10. The van der Waals surface area contributed by atoms with E-state index in [4.69, 9.17) is 37.7 Å². The first-order valence-corrected chi connectivity index (χ1v) is 12.0. The van der Waals surface area contributed by atoms with Gasteiger partial charge in [0.2, 0.25) is 0 Å². The van der Waals surface area contributed by atoms with Gasteiger partial charge < -0.3 is 14.4 Å². The van der Waals surface area contributed by atoms with E-state index in [-0.39, 0.29) is 6.04 Å². The maximum atomic E-state index is 6.49. The van der Waals surface area contributed by atoms with E-state index in [0.29, 0.717) is 16.7 Å². The largest absolute Gasteiger partial charge is 0.353 e. The van der Waals surface area contributed by atoms with E-state index in [1.807, 2.05) is 37.3 Å². The highest BCUT2D eigenvalue weighted by Crippen LogP contribution is 2.40. The van der Waals surface area contributed by atoms with Gasteiger partial charge in [-0.3, -0.25) is 0 Å². The molecule has 0 bridgehead atoms. The lowest BCUT2D eigenvalue weighted by atomic mass is 10.0. The summed E-state index contributed by atoms with van der Waals surface area (Å²) in [5.74, 6) is 0. The van der Waals surface area contributed by atoms with Crippen LogP contribution in [0.5, 0.6) is 0 Å². The molecule has 0 amide bonds. The van der Waals surface area contributed by atoms with E-state index in [1.165, 1.54) is 0 Å². The third kappa shape index (κ3) is 5.60. The number of aryl methyl sites for hydroxylation is 1. The summed E-state index contributed by atoms with van der Waals surface area (Å²) in [4.78, 5) is 8.40. The van der Waals surface area contributed by atoms with Crippen LogP contribution in [0.1, 0.15) is 36.8 Å². The predicted octanol–water partition coefficient (Wildman–Crippen LogP) is 7.39. The van der Waals surface area contributed by atoms with Crippen LogP contribution in [0.3, 0.4) is 0 Å². The van der Waals surface area contributed by atoms with Gasteiger partial charge >= 0.3 is 0 Å². The highest BCUT2D eigenvalue weighted by molar-refractivity contribution is 7.16. The van der Waals surface area contributed by atoms with Crippen LogP contribution in [0.15, 0.2) is 48.5 Å². The van der Waals surface area contributed by atoms with Crippen LogP contribution in [-0.4, -0.2) is 31.5 Å². The molecule has 0 radical (unpaired) electrons. The van der Waals surface area contributed by atoms with Crippen molar-refractivity contribution in [2.24, 2.45) is 0 Å². The maximum absolute atomic E-state index is 6.49. The van der Waals surface area contributed by atoms with Crippen LogP contribution in [0, 0.1) is 6.92 Å². The molecule has 0 aliphatic carbocycles. The molecule has 0 fully saturated rings. The van der Waals surface area contributed by atoms with Crippen LogP contribution < -0.4 is 4.90 Å². The van der Waals surface area contributed by atoms with Gasteiger partial charge in [-0.25, -0.2) is 4.98 Å². The van der Waals surface area contributed by atoms with E-state index in [1.54, 1.807) is 24.5 Å². The highest BCUT2D eigenvalue weighted by Gasteiger charge is 2.32. The molecule has 0 aliphatic rings. The van der Waals surface area contributed by atoms with E-state index in [2.05, 4.69) is 30.9 Å². The maximum Gasteiger partial charge on any atom is 0.186 e. The average Bonchev–Trinajstić information content (AvgIpc) is 3.14. The monoisotopic (exact) mass is 478 g/mol. The highest BCUT2D eigenvalue weighted by atomic mass is 35.5. The lowest BCUT2D eigenvalue weighted by Crippen LogP contribution is -2.39. The number of ether oxygens (including phenoxy) is 2. The summed E-state index contributed by atoms with van der Waals surface area (Å²) in [5.41, 5.74) is 2.88. The number of nitrogens with zero attached hydrogens (tertiary/aromatic N) is 2. The van der Waals surface area contributed by atoms with Crippen molar-refractivity contribution in [2.45, 2.75) is 39.5 Å². The van der Waals surface area contributed by atoms with Gasteiger partial charge in [0, 0.05) is 35.7 Å². The van der Waals surface area contributed by atoms with Crippen molar-refractivity contribution in [3.05, 3.63) is 69.0 Å². The van der Waals surface area contributed by atoms with E-state index >= 15 is 0 Å². The topological polar surface area (TPSA) is 34.6 Å². The smallest absolute Gasteiger partial charge is 0.186 e. The summed E-state index contributed by atoms with van der Waals surface area (Å²) >= 11 is 14.2. The first-order valence-electron chi connectivity index (χ1n) is 10.4. The van der Waals surface area contributed by atoms with Crippen LogP contribution in [0.4, 0.5) is 5.13 Å². The van der Waals surface area contributed by atoms with Crippen LogP contribution in [0.25, 0.3) is 11.3 Å². The van der Waals surface area contributed by atoms with Gasteiger partial charge in [0.25, 0.3) is 0 Å². The first-order chi connectivity index (χ1) is 15.0. The molecule has 31 heavy (non-hydrogen) atoms. The fourth-order valence-electron chi connectivity index (χ4n) is 3.62. The molecular formula is C24H28Cl2N2O2S. The Bertz CT molecular complexity index is 981. The minimum Gasteiger partial charge on any atom is -0.353 e. The minimum atomic E-state index is -0.425.